The summed E-state index contributed by atoms with van der Waals surface area (Å²) in [6.07, 6.45) is -7.43. The van der Waals surface area contributed by atoms with Gasteiger partial charge in [0.1, 0.15) is 30.5 Å². The molecule has 1 aliphatic rings. The first-order valence-corrected chi connectivity index (χ1v) is 3.62. The Bertz CT molecular complexity index is 107. The van der Waals surface area contributed by atoms with Gasteiger partial charge in [-0.2, -0.15) is 0 Å². The van der Waals surface area contributed by atoms with Crippen LogP contribution in [0.25, 0.3) is 0 Å². The fourth-order valence-electron chi connectivity index (χ4n) is 1.26. The van der Waals surface area contributed by atoms with Crippen molar-refractivity contribution in [2.45, 2.75) is 36.6 Å². The summed E-state index contributed by atoms with van der Waals surface area (Å²) >= 11 is 0. The number of aliphatic hydroxyl groups excluding tert-OH is 5. The van der Waals surface area contributed by atoms with Crippen molar-refractivity contribution >= 4 is 0 Å². The van der Waals surface area contributed by atoms with Crippen LogP contribution in [-0.2, 0) is 0 Å². The van der Waals surface area contributed by atoms with Gasteiger partial charge in [0.2, 0.25) is 0 Å². The van der Waals surface area contributed by atoms with E-state index in [4.69, 9.17) is 31.3 Å². The Morgan fingerprint density at radius 1 is 0.583 bits per heavy atom. The number of aliphatic hydroxyl groups is 5. The zero-order chi connectivity index (χ0) is 9.46. The van der Waals surface area contributed by atoms with Gasteiger partial charge in [-0.15, -0.1) is 0 Å². The maximum atomic E-state index is 9.10. The molecule has 0 aliphatic heterocycles. The van der Waals surface area contributed by atoms with Crippen molar-refractivity contribution in [3.8, 4) is 0 Å². The first kappa shape index (κ1) is 9.85. The Kier molecular flexibility index (Phi) is 2.67. The van der Waals surface area contributed by atoms with Gasteiger partial charge in [0.05, 0.1) is 6.04 Å². The Morgan fingerprint density at radius 3 is 1.17 bits per heavy atom. The lowest BCUT2D eigenvalue weighted by molar-refractivity contribution is -0.184. The summed E-state index contributed by atoms with van der Waals surface area (Å²) in [4.78, 5) is 0. The van der Waals surface area contributed by atoms with Gasteiger partial charge in [-0.05, 0) is 0 Å². The predicted molar refractivity (Wildman–Crippen MR) is 38.0 cm³/mol. The summed E-state index contributed by atoms with van der Waals surface area (Å²) in [6, 6.07) is -1.14. The van der Waals surface area contributed by atoms with Gasteiger partial charge in [0, 0.05) is 0 Å². The van der Waals surface area contributed by atoms with Crippen molar-refractivity contribution in [2.24, 2.45) is 5.73 Å². The molecule has 1 rings (SSSR count). The van der Waals surface area contributed by atoms with Crippen LogP contribution in [0.2, 0.25) is 0 Å². The van der Waals surface area contributed by atoms with Crippen LogP contribution < -0.4 is 5.73 Å². The second-order valence-corrected chi connectivity index (χ2v) is 3.03. The lowest BCUT2D eigenvalue weighted by Gasteiger charge is -2.40. The molecule has 4 atom stereocenters. The largest absolute Gasteiger partial charge is 0.389 e. The Balaban J connectivity index is 2.76. The average molecular weight is 179 g/mol. The SMILES string of the molecule is NC1[C@H](O)[C@H](O)C(O)[C@@H](O)[C@H]1O. The quantitative estimate of drug-likeness (QED) is 0.226. The van der Waals surface area contributed by atoms with Crippen molar-refractivity contribution in [3.63, 3.8) is 0 Å². The maximum absolute atomic E-state index is 9.10. The predicted octanol–water partition coefficient (Wildman–Crippen LogP) is -3.87. The van der Waals surface area contributed by atoms with E-state index in [1.54, 1.807) is 0 Å². The van der Waals surface area contributed by atoms with E-state index in [0.29, 0.717) is 0 Å². The van der Waals surface area contributed by atoms with Crippen LogP contribution in [0, 0.1) is 0 Å². The summed E-state index contributed by atoms with van der Waals surface area (Å²) in [7, 11) is 0. The molecule has 0 aromatic rings. The molecule has 0 heterocycles. The molecule has 0 bridgehead atoms. The standard InChI is InChI=1S/C6H13NO5/c7-1-2(8)4(10)6(12)5(11)3(1)9/h1-6,8-12H,7H2/t1?,2-,3-,4-,5-,6?/m0/s1. The van der Waals surface area contributed by atoms with Crippen LogP contribution in [0.15, 0.2) is 0 Å². The molecule has 0 aromatic carbocycles. The van der Waals surface area contributed by atoms with Gasteiger partial charge in [-0.1, -0.05) is 0 Å². The van der Waals surface area contributed by atoms with Gasteiger partial charge in [-0.3, -0.25) is 0 Å². The Morgan fingerprint density at radius 2 is 0.833 bits per heavy atom. The number of rotatable bonds is 0. The van der Waals surface area contributed by atoms with Gasteiger partial charge in [0.15, 0.2) is 0 Å². The zero-order valence-electron chi connectivity index (χ0n) is 6.28. The van der Waals surface area contributed by atoms with Crippen LogP contribution in [-0.4, -0.2) is 62.1 Å². The third kappa shape index (κ3) is 1.33. The zero-order valence-corrected chi connectivity index (χ0v) is 6.28. The highest BCUT2D eigenvalue weighted by Crippen LogP contribution is 2.19. The molecule has 0 amide bonds. The number of hydrogen-bond donors (Lipinski definition) is 6. The van der Waals surface area contributed by atoms with Crippen LogP contribution in [0.1, 0.15) is 0 Å². The molecule has 6 nitrogen and oxygen atoms in total. The van der Waals surface area contributed by atoms with Crippen LogP contribution in [0.4, 0.5) is 0 Å². The lowest BCUT2D eigenvalue weighted by atomic mass is 9.84. The molecular formula is C6H13NO5. The van der Waals surface area contributed by atoms with E-state index < -0.39 is 36.6 Å². The van der Waals surface area contributed by atoms with Crippen molar-refractivity contribution < 1.29 is 25.5 Å². The minimum atomic E-state index is -1.56. The van der Waals surface area contributed by atoms with Gasteiger partial charge >= 0.3 is 0 Å². The minimum absolute atomic E-state index is 1.14. The molecule has 0 saturated heterocycles. The molecule has 72 valence electrons. The minimum Gasteiger partial charge on any atom is -0.389 e. The molecule has 1 saturated carbocycles. The highest BCUT2D eigenvalue weighted by Gasteiger charge is 2.46. The van der Waals surface area contributed by atoms with E-state index in [1.807, 2.05) is 0 Å². The Labute approximate surface area is 68.9 Å². The molecule has 1 fully saturated rings. The van der Waals surface area contributed by atoms with Crippen LogP contribution in [0.3, 0.4) is 0 Å². The second kappa shape index (κ2) is 3.25. The van der Waals surface area contributed by atoms with Gasteiger partial charge in [-0.25, -0.2) is 0 Å². The molecule has 0 unspecified atom stereocenters. The van der Waals surface area contributed by atoms with E-state index in [2.05, 4.69) is 0 Å². The van der Waals surface area contributed by atoms with Crippen LogP contribution in [0.5, 0.6) is 0 Å². The monoisotopic (exact) mass is 179 g/mol. The van der Waals surface area contributed by atoms with Crippen molar-refractivity contribution in [2.75, 3.05) is 0 Å². The lowest BCUT2D eigenvalue weighted by Crippen LogP contribution is -2.66. The van der Waals surface area contributed by atoms with E-state index in [-0.39, 0.29) is 0 Å². The van der Waals surface area contributed by atoms with Crippen molar-refractivity contribution in [1.29, 1.82) is 0 Å². The Hall–Kier alpha value is -0.240. The van der Waals surface area contributed by atoms with Crippen molar-refractivity contribution in [1.82, 2.24) is 0 Å². The van der Waals surface area contributed by atoms with Crippen LogP contribution >= 0.6 is 0 Å². The second-order valence-electron chi connectivity index (χ2n) is 3.03. The third-order valence-electron chi connectivity index (χ3n) is 2.19. The van der Waals surface area contributed by atoms with Crippen molar-refractivity contribution in [3.05, 3.63) is 0 Å². The van der Waals surface area contributed by atoms with E-state index >= 15 is 0 Å². The van der Waals surface area contributed by atoms with E-state index in [1.165, 1.54) is 0 Å². The summed E-state index contributed by atoms with van der Waals surface area (Å²) in [5.74, 6) is 0. The fraction of sp³-hybridized carbons (Fsp3) is 1.00. The molecule has 0 radical (unpaired) electrons. The normalized spacial score (nSPS) is 55.5. The van der Waals surface area contributed by atoms with Gasteiger partial charge in [0.25, 0.3) is 0 Å². The highest BCUT2D eigenvalue weighted by molar-refractivity contribution is 5.00. The molecule has 0 aromatic heterocycles. The highest BCUT2D eigenvalue weighted by atomic mass is 16.4. The average Bonchev–Trinajstić information content (AvgIpc) is 2.08. The first-order chi connectivity index (χ1) is 5.46. The van der Waals surface area contributed by atoms with E-state index in [9.17, 15) is 0 Å². The maximum Gasteiger partial charge on any atom is 0.111 e. The molecule has 6 heteroatoms. The molecule has 1 aliphatic carbocycles. The third-order valence-corrected chi connectivity index (χ3v) is 2.19. The first-order valence-electron chi connectivity index (χ1n) is 3.62. The summed E-state index contributed by atoms with van der Waals surface area (Å²) in [5, 5.41) is 45.3. The molecular weight excluding hydrogens is 166 g/mol. The smallest absolute Gasteiger partial charge is 0.111 e. The summed E-state index contributed by atoms with van der Waals surface area (Å²) in [6.45, 7) is 0. The number of hydrogen-bond acceptors (Lipinski definition) is 6. The number of nitrogens with two attached hydrogens (primary N) is 1. The molecule has 7 N–H and O–H groups in total. The fourth-order valence-corrected chi connectivity index (χ4v) is 1.26. The van der Waals surface area contributed by atoms with E-state index in [0.717, 1.165) is 0 Å². The molecule has 12 heavy (non-hydrogen) atoms. The summed E-state index contributed by atoms with van der Waals surface area (Å²) in [5.41, 5.74) is 5.23. The summed E-state index contributed by atoms with van der Waals surface area (Å²) < 4.78 is 0. The molecule has 0 spiro atoms. The van der Waals surface area contributed by atoms with Gasteiger partial charge < -0.3 is 31.3 Å². The topological polar surface area (TPSA) is 127 Å².